The third-order valence-electron chi connectivity index (χ3n) is 8.64. The molecule has 0 aromatic heterocycles. The maximum Gasteiger partial charge on any atom is 0.218 e. The molecule has 206 valence electrons. The molecular formula is C31H34O7S. The highest BCUT2D eigenvalue weighted by molar-refractivity contribution is 7.87. The number of hydrogen-bond donors (Lipinski definition) is 0. The summed E-state index contributed by atoms with van der Waals surface area (Å²) in [4.78, 5) is 28.7. The minimum atomic E-state index is -1.88. The molecular weight excluding hydrogens is 516 g/mol. The molecule has 2 aliphatic carbocycles. The molecule has 1 aliphatic heterocycles. The Morgan fingerprint density at radius 1 is 0.974 bits per heavy atom. The van der Waals surface area contributed by atoms with Gasteiger partial charge in [0.1, 0.15) is 16.2 Å². The first kappa shape index (κ1) is 27.3. The van der Waals surface area contributed by atoms with Gasteiger partial charge in [-0.05, 0) is 62.1 Å². The molecule has 2 aromatic rings. The van der Waals surface area contributed by atoms with Gasteiger partial charge in [-0.25, -0.2) is 0 Å². The minimum absolute atomic E-state index is 0.0585. The molecule has 0 saturated carbocycles. The van der Waals surface area contributed by atoms with Gasteiger partial charge in [-0.15, -0.1) is 0 Å². The van der Waals surface area contributed by atoms with Gasteiger partial charge < -0.3 is 18.9 Å². The highest BCUT2D eigenvalue weighted by atomic mass is 32.2. The number of benzene rings is 2. The standard InChI is InChI=1S/C31H34O7S/c1-18-7-9-21(10-8-18)39(34)31-23-15-26(22-14-24(35-4)19(2)13-25(22)36-5)38-17-20(23)11-12-30(31,3)28(32)16-27(37-6)29(31)33/h7-11,13-14,16,23,26H,12,15,17H2,1-6H3/t23-,26+,30-,31-,39-/m0/s1. The van der Waals surface area contributed by atoms with Crippen molar-refractivity contribution in [2.45, 2.75) is 49.4 Å². The van der Waals surface area contributed by atoms with Gasteiger partial charge in [0.25, 0.3) is 0 Å². The molecule has 3 aliphatic rings. The molecule has 1 heterocycles. The Morgan fingerprint density at radius 3 is 2.31 bits per heavy atom. The van der Waals surface area contributed by atoms with Gasteiger partial charge in [0.15, 0.2) is 11.5 Å². The topological polar surface area (TPSA) is 88.1 Å². The van der Waals surface area contributed by atoms with E-state index >= 15 is 0 Å². The first-order valence-corrected chi connectivity index (χ1v) is 14.1. The lowest BCUT2D eigenvalue weighted by molar-refractivity contribution is -0.140. The lowest BCUT2D eigenvalue weighted by Gasteiger charge is -2.55. The molecule has 7 nitrogen and oxygen atoms in total. The molecule has 0 unspecified atom stereocenters. The largest absolute Gasteiger partial charge is 0.496 e. The first-order valence-electron chi connectivity index (χ1n) is 13.0. The van der Waals surface area contributed by atoms with E-state index in [1.54, 1.807) is 33.3 Å². The van der Waals surface area contributed by atoms with Crippen LogP contribution in [-0.2, 0) is 29.9 Å². The van der Waals surface area contributed by atoms with Crippen LogP contribution in [0.4, 0.5) is 0 Å². The molecule has 1 saturated heterocycles. The van der Waals surface area contributed by atoms with Crippen LogP contribution in [0.5, 0.6) is 11.5 Å². The Hall–Kier alpha value is -3.23. The van der Waals surface area contributed by atoms with Crippen LogP contribution in [0.2, 0.25) is 0 Å². The molecule has 1 fully saturated rings. The maximum absolute atomic E-state index is 14.8. The zero-order valence-electron chi connectivity index (χ0n) is 23.2. The summed E-state index contributed by atoms with van der Waals surface area (Å²) in [5, 5.41) is 0. The second-order valence-electron chi connectivity index (χ2n) is 10.7. The normalized spacial score (nSPS) is 29.0. The molecule has 2 aromatic carbocycles. The summed E-state index contributed by atoms with van der Waals surface area (Å²) in [6.45, 7) is 5.90. The van der Waals surface area contributed by atoms with Gasteiger partial charge in [0.2, 0.25) is 5.78 Å². The van der Waals surface area contributed by atoms with Crippen molar-refractivity contribution in [2.24, 2.45) is 11.3 Å². The van der Waals surface area contributed by atoms with Gasteiger partial charge in [-0.1, -0.05) is 30.7 Å². The molecule has 0 N–H and O–H groups in total. The Balaban J connectivity index is 1.71. The first-order chi connectivity index (χ1) is 18.6. The second kappa shape index (κ2) is 10.1. The fourth-order valence-corrected chi connectivity index (χ4v) is 8.53. The van der Waals surface area contributed by atoms with Gasteiger partial charge in [0, 0.05) is 22.5 Å². The van der Waals surface area contributed by atoms with Crippen molar-refractivity contribution >= 4 is 22.4 Å². The number of carbonyl (C=O) groups excluding carboxylic acids is 2. The van der Waals surface area contributed by atoms with Crippen LogP contribution in [-0.4, -0.2) is 48.5 Å². The number of aryl methyl sites for hydroxylation is 2. The molecule has 39 heavy (non-hydrogen) atoms. The van der Waals surface area contributed by atoms with Crippen LogP contribution in [0.1, 0.15) is 42.6 Å². The summed E-state index contributed by atoms with van der Waals surface area (Å²) in [6.07, 6.45) is 3.40. The predicted molar refractivity (Wildman–Crippen MR) is 147 cm³/mol. The second-order valence-corrected chi connectivity index (χ2v) is 12.3. The van der Waals surface area contributed by atoms with Crippen LogP contribution in [0.25, 0.3) is 0 Å². The zero-order valence-corrected chi connectivity index (χ0v) is 24.0. The lowest BCUT2D eigenvalue weighted by Crippen LogP contribution is -2.68. The smallest absolute Gasteiger partial charge is 0.218 e. The number of allylic oxidation sites excluding steroid dienone is 3. The van der Waals surface area contributed by atoms with E-state index in [1.165, 1.54) is 13.2 Å². The third-order valence-corrected chi connectivity index (χ3v) is 10.8. The van der Waals surface area contributed by atoms with E-state index in [1.807, 2.05) is 44.2 Å². The SMILES string of the molecule is COC1=CC(=O)[C@]2(C)CC=C3CO[C@@H](c4cc(OC)c(C)cc4OC)C[C@@H]3[C@]2([S@@](=O)c2ccc(C)cc2)C1=O. The average Bonchev–Trinajstić information content (AvgIpc) is 2.94. The fraction of sp³-hybridized carbons (Fsp3) is 0.419. The van der Waals surface area contributed by atoms with E-state index in [-0.39, 0.29) is 24.6 Å². The van der Waals surface area contributed by atoms with Crippen molar-refractivity contribution in [3.8, 4) is 11.5 Å². The van der Waals surface area contributed by atoms with E-state index in [0.717, 1.165) is 22.3 Å². The number of ether oxygens (including phenoxy) is 4. The summed E-state index contributed by atoms with van der Waals surface area (Å²) in [6, 6.07) is 11.1. The van der Waals surface area contributed by atoms with E-state index in [2.05, 4.69) is 0 Å². The van der Waals surface area contributed by atoms with Crippen LogP contribution in [0, 0.1) is 25.2 Å². The molecule has 8 heteroatoms. The van der Waals surface area contributed by atoms with Crippen LogP contribution < -0.4 is 9.47 Å². The monoisotopic (exact) mass is 550 g/mol. The molecule has 0 bridgehead atoms. The lowest BCUT2D eigenvalue weighted by atomic mass is 9.55. The Kier molecular flexibility index (Phi) is 7.06. The van der Waals surface area contributed by atoms with Crippen molar-refractivity contribution < 1.29 is 32.7 Å². The Morgan fingerprint density at radius 2 is 1.67 bits per heavy atom. The third kappa shape index (κ3) is 3.99. The van der Waals surface area contributed by atoms with Crippen LogP contribution >= 0.6 is 0 Å². The summed E-state index contributed by atoms with van der Waals surface area (Å²) in [5.41, 5.74) is 2.35. The molecule has 5 atom stereocenters. The van der Waals surface area contributed by atoms with E-state index in [9.17, 15) is 13.8 Å². The molecule has 0 spiro atoms. The average molecular weight is 551 g/mol. The zero-order chi connectivity index (χ0) is 28.1. The number of carbonyl (C=O) groups is 2. The van der Waals surface area contributed by atoms with Crippen molar-refractivity contribution in [3.63, 3.8) is 0 Å². The van der Waals surface area contributed by atoms with Gasteiger partial charge >= 0.3 is 0 Å². The Labute approximate surface area is 231 Å². The predicted octanol–water partition coefficient (Wildman–Crippen LogP) is 4.96. The van der Waals surface area contributed by atoms with Gasteiger partial charge in [0.05, 0.1) is 50.3 Å². The highest BCUT2D eigenvalue weighted by Gasteiger charge is 2.70. The van der Waals surface area contributed by atoms with Crippen LogP contribution in [0.15, 0.2) is 64.8 Å². The molecule has 5 rings (SSSR count). The van der Waals surface area contributed by atoms with Crippen LogP contribution in [0.3, 0.4) is 0 Å². The highest BCUT2D eigenvalue weighted by Crippen LogP contribution is 2.60. The number of Topliss-reactive ketones (excluding diaryl/α,β-unsaturated/α-hetero) is 1. The van der Waals surface area contributed by atoms with Crippen molar-refractivity contribution in [2.75, 3.05) is 27.9 Å². The molecule has 0 amide bonds. The summed E-state index contributed by atoms with van der Waals surface area (Å²) in [5.74, 6) is 0.0709. The van der Waals surface area contributed by atoms with Crippen molar-refractivity contribution in [1.82, 2.24) is 0 Å². The van der Waals surface area contributed by atoms with E-state index < -0.39 is 38.8 Å². The number of fused-ring (bicyclic) bond motifs is 3. The number of methoxy groups -OCH3 is 3. The van der Waals surface area contributed by atoms with Gasteiger partial charge in [-0.3, -0.25) is 13.8 Å². The van der Waals surface area contributed by atoms with E-state index in [0.29, 0.717) is 22.8 Å². The summed E-state index contributed by atoms with van der Waals surface area (Å²) in [7, 11) is 2.71. The maximum atomic E-state index is 14.8. The van der Waals surface area contributed by atoms with Gasteiger partial charge in [-0.2, -0.15) is 0 Å². The van der Waals surface area contributed by atoms with Crippen molar-refractivity contribution in [1.29, 1.82) is 0 Å². The van der Waals surface area contributed by atoms with Crippen molar-refractivity contribution in [3.05, 3.63) is 76.6 Å². The number of hydrogen-bond acceptors (Lipinski definition) is 7. The summed E-state index contributed by atoms with van der Waals surface area (Å²) >= 11 is 0. The Bertz CT molecular complexity index is 1420. The number of ketones is 2. The number of rotatable bonds is 6. The molecule has 0 radical (unpaired) electrons. The quantitative estimate of drug-likeness (QED) is 0.470. The minimum Gasteiger partial charge on any atom is -0.496 e. The summed E-state index contributed by atoms with van der Waals surface area (Å²) < 4.78 is 36.3. The fourth-order valence-electron chi connectivity index (χ4n) is 6.41. The van der Waals surface area contributed by atoms with E-state index in [4.69, 9.17) is 18.9 Å².